The summed E-state index contributed by atoms with van der Waals surface area (Å²) in [4.78, 5) is 22.7. The van der Waals surface area contributed by atoms with Crippen LogP contribution in [0.1, 0.15) is 16.8 Å². The lowest BCUT2D eigenvalue weighted by atomic mass is 10.1. The summed E-state index contributed by atoms with van der Waals surface area (Å²) in [5.41, 5.74) is 5.88. The second-order valence-corrected chi connectivity index (χ2v) is 3.91. The zero-order chi connectivity index (χ0) is 12.4. The van der Waals surface area contributed by atoms with Crippen molar-refractivity contribution in [3.63, 3.8) is 0 Å². The maximum atomic E-state index is 13.0. The van der Waals surface area contributed by atoms with Gasteiger partial charge in [-0.1, -0.05) is 0 Å². The molecule has 17 heavy (non-hydrogen) atoms. The highest BCUT2D eigenvalue weighted by Crippen LogP contribution is 2.13. The van der Waals surface area contributed by atoms with Crippen LogP contribution in [-0.4, -0.2) is 24.4 Å². The number of benzene rings is 1. The van der Waals surface area contributed by atoms with Gasteiger partial charge in [-0.3, -0.25) is 9.59 Å². The number of carbonyl (C=O) groups excluding carboxylic acids is 2. The molecule has 5 nitrogen and oxygen atoms in total. The van der Waals surface area contributed by atoms with Crippen molar-refractivity contribution in [2.24, 2.45) is 0 Å². The Morgan fingerprint density at radius 1 is 1.53 bits per heavy atom. The Morgan fingerprint density at radius 2 is 2.29 bits per heavy atom. The first-order valence-electron chi connectivity index (χ1n) is 5.19. The van der Waals surface area contributed by atoms with E-state index in [2.05, 4.69) is 10.6 Å². The van der Waals surface area contributed by atoms with Crippen LogP contribution in [0.5, 0.6) is 0 Å². The molecule has 2 rings (SSSR count). The van der Waals surface area contributed by atoms with Gasteiger partial charge in [-0.25, -0.2) is 4.39 Å². The molecule has 1 fully saturated rings. The summed E-state index contributed by atoms with van der Waals surface area (Å²) >= 11 is 0. The van der Waals surface area contributed by atoms with Crippen molar-refractivity contribution in [2.75, 3.05) is 12.3 Å². The molecule has 0 spiro atoms. The van der Waals surface area contributed by atoms with Crippen molar-refractivity contribution in [3.05, 3.63) is 29.6 Å². The van der Waals surface area contributed by atoms with E-state index in [1.807, 2.05) is 0 Å². The number of halogens is 1. The summed E-state index contributed by atoms with van der Waals surface area (Å²) < 4.78 is 13.0. The normalized spacial score (nSPS) is 18.9. The predicted molar refractivity (Wildman–Crippen MR) is 59.7 cm³/mol. The average Bonchev–Trinajstić information content (AvgIpc) is 2.67. The Labute approximate surface area is 97.2 Å². The first-order chi connectivity index (χ1) is 8.06. The molecule has 0 aliphatic carbocycles. The quantitative estimate of drug-likeness (QED) is 0.634. The third kappa shape index (κ3) is 2.52. The van der Waals surface area contributed by atoms with E-state index in [9.17, 15) is 14.0 Å². The summed E-state index contributed by atoms with van der Waals surface area (Å²) in [6.07, 6.45) is 0.237. The topological polar surface area (TPSA) is 84.2 Å². The van der Waals surface area contributed by atoms with Crippen LogP contribution < -0.4 is 16.4 Å². The zero-order valence-corrected chi connectivity index (χ0v) is 9.00. The molecule has 1 atom stereocenters. The molecule has 0 aromatic heterocycles. The first-order valence-corrected chi connectivity index (χ1v) is 5.19. The van der Waals surface area contributed by atoms with Crippen LogP contribution in [-0.2, 0) is 4.79 Å². The van der Waals surface area contributed by atoms with Gasteiger partial charge >= 0.3 is 0 Å². The van der Waals surface area contributed by atoms with Gasteiger partial charge in [0.15, 0.2) is 0 Å². The van der Waals surface area contributed by atoms with Gasteiger partial charge in [-0.05, 0) is 18.2 Å². The summed E-state index contributed by atoms with van der Waals surface area (Å²) in [5, 5.41) is 5.22. The van der Waals surface area contributed by atoms with Crippen molar-refractivity contribution in [1.82, 2.24) is 10.6 Å². The zero-order valence-electron chi connectivity index (χ0n) is 9.00. The third-order valence-corrected chi connectivity index (χ3v) is 2.57. The molecule has 2 amide bonds. The third-order valence-electron chi connectivity index (χ3n) is 2.57. The fraction of sp³-hybridized carbons (Fsp3) is 0.273. The second kappa shape index (κ2) is 4.40. The summed E-state index contributed by atoms with van der Waals surface area (Å²) in [6.45, 7) is 0.389. The van der Waals surface area contributed by atoms with Gasteiger partial charge < -0.3 is 16.4 Å². The molecule has 4 N–H and O–H groups in total. The fourth-order valence-corrected chi connectivity index (χ4v) is 1.70. The minimum Gasteiger partial charge on any atom is -0.398 e. The Kier molecular flexibility index (Phi) is 2.95. The highest BCUT2D eigenvalue weighted by atomic mass is 19.1. The smallest absolute Gasteiger partial charge is 0.253 e. The number of carbonyl (C=O) groups is 2. The van der Waals surface area contributed by atoms with E-state index in [0.29, 0.717) is 6.54 Å². The fourth-order valence-electron chi connectivity index (χ4n) is 1.70. The Bertz CT molecular complexity index is 476. The van der Waals surface area contributed by atoms with Crippen LogP contribution in [0.2, 0.25) is 0 Å². The van der Waals surface area contributed by atoms with Crippen molar-refractivity contribution >= 4 is 17.5 Å². The van der Waals surface area contributed by atoms with Crippen molar-refractivity contribution < 1.29 is 14.0 Å². The predicted octanol–water partition coefficient (Wildman–Crippen LogP) is 0.0262. The lowest BCUT2D eigenvalue weighted by molar-refractivity contribution is -0.119. The first kappa shape index (κ1) is 11.4. The van der Waals surface area contributed by atoms with Gasteiger partial charge in [0.1, 0.15) is 5.82 Å². The molecule has 0 saturated carbocycles. The maximum Gasteiger partial charge on any atom is 0.253 e. The molecule has 1 heterocycles. The van der Waals surface area contributed by atoms with Crippen molar-refractivity contribution in [2.45, 2.75) is 12.5 Å². The lowest BCUT2D eigenvalue weighted by Crippen LogP contribution is -2.36. The highest BCUT2D eigenvalue weighted by Gasteiger charge is 2.24. The van der Waals surface area contributed by atoms with Gasteiger partial charge in [0.05, 0.1) is 11.6 Å². The Hall–Kier alpha value is -2.11. The number of nitrogens with one attached hydrogen (secondary N) is 2. The Morgan fingerprint density at radius 3 is 2.94 bits per heavy atom. The van der Waals surface area contributed by atoms with Crippen molar-refractivity contribution in [1.29, 1.82) is 0 Å². The van der Waals surface area contributed by atoms with Gasteiger partial charge in [0.25, 0.3) is 5.91 Å². The van der Waals surface area contributed by atoms with E-state index in [1.54, 1.807) is 0 Å². The number of nitrogens with two attached hydrogens (primary N) is 1. The van der Waals surface area contributed by atoms with Gasteiger partial charge in [-0.2, -0.15) is 0 Å². The SMILES string of the molecule is Nc1ccc(F)cc1C(=O)NC1CNC(=O)C1. The van der Waals surface area contributed by atoms with E-state index in [0.717, 1.165) is 6.07 Å². The van der Waals surface area contributed by atoms with Gasteiger partial charge in [0.2, 0.25) is 5.91 Å². The number of rotatable bonds is 2. The molecule has 1 aromatic carbocycles. The van der Waals surface area contributed by atoms with E-state index >= 15 is 0 Å². The van der Waals surface area contributed by atoms with E-state index in [-0.39, 0.29) is 29.6 Å². The molecule has 6 heteroatoms. The van der Waals surface area contributed by atoms with Crippen LogP contribution in [0.3, 0.4) is 0 Å². The number of amides is 2. The standard InChI is InChI=1S/C11H12FN3O2/c12-6-1-2-9(13)8(3-6)11(17)15-7-4-10(16)14-5-7/h1-3,7H,4-5,13H2,(H,14,16)(H,15,17). The molecular weight excluding hydrogens is 225 g/mol. The van der Waals surface area contributed by atoms with E-state index in [4.69, 9.17) is 5.73 Å². The summed E-state index contributed by atoms with van der Waals surface area (Å²) in [5.74, 6) is -1.10. The molecule has 0 radical (unpaired) electrons. The highest BCUT2D eigenvalue weighted by molar-refractivity contribution is 5.99. The summed E-state index contributed by atoms with van der Waals surface area (Å²) in [6, 6.07) is 3.34. The Balaban J connectivity index is 2.09. The van der Waals surface area contributed by atoms with Crippen LogP contribution >= 0.6 is 0 Å². The van der Waals surface area contributed by atoms with Crippen LogP contribution in [0.15, 0.2) is 18.2 Å². The number of hydrogen-bond donors (Lipinski definition) is 3. The monoisotopic (exact) mass is 237 g/mol. The van der Waals surface area contributed by atoms with Crippen LogP contribution in [0.4, 0.5) is 10.1 Å². The molecular formula is C11H12FN3O2. The minimum absolute atomic E-state index is 0.0874. The molecule has 1 unspecified atom stereocenters. The molecule has 1 aliphatic rings. The second-order valence-electron chi connectivity index (χ2n) is 3.91. The maximum absolute atomic E-state index is 13.0. The van der Waals surface area contributed by atoms with Crippen LogP contribution in [0.25, 0.3) is 0 Å². The molecule has 1 aromatic rings. The average molecular weight is 237 g/mol. The molecule has 1 saturated heterocycles. The largest absolute Gasteiger partial charge is 0.398 e. The number of hydrogen-bond acceptors (Lipinski definition) is 3. The minimum atomic E-state index is -0.523. The molecule has 0 bridgehead atoms. The van der Waals surface area contributed by atoms with Crippen LogP contribution in [0, 0.1) is 5.82 Å². The molecule has 90 valence electrons. The summed E-state index contributed by atoms with van der Waals surface area (Å²) in [7, 11) is 0. The van der Waals surface area contributed by atoms with E-state index in [1.165, 1.54) is 12.1 Å². The number of anilines is 1. The molecule has 1 aliphatic heterocycles. The number of nitrogen functional groups attached to an aromatic ring is 1. The van der Waals surface area contributed by atoms with E-state index < -0.39 is 11.7 Å². The lowest BCUT2D eigenvalue weighted by Gasteiger charge is -2.11. The van der Waals surface area contributed by atoms with Crippen molar-refractivity contribution in [3.8, 4) is 0 Å². The van der Waals surface area contributed by atoms with Gasteiger partial charge in [0, 0.05) is 18.7 Å². The van der Waals surface area contributed by atoms with Gasteiger partial charge in [-0.15, -0.1) is 0 Å².